The van der Waals surface area contributed by atoms with Crippen LogP contribution < -0.4 is 0 Å². The minimum atomic E-state index is -4.37. The lowest BCUT2D eigenvalue weighted by Crippen LogP contribution is -2.41. The summed E-state index contributed by atoms with van der Waals surface area (Å²) in [4.78, 5) is 0. The quantitative estimate of drug-likeness (QED) is 0.368. The first kappa shape index (κ1) is 23.8. The fourth-order valence-corrected chi connectivity index (χ4v) is 5.90. The lowest BCUT2D eigenvalue weighted by molar-refractivity contribution is -0.137. The van der Waals surface area contributed by atoms with Crippen molar-refractivity contribution in [2.45, 2.75) is 64.7 Å². The molecule has 2 nitrogen and oxygen atoms in total. The van der Waals surface area contributed by atoms with Gasteiger partial charge in [0.25, 0.3) is 0 Å². The molecule has 2 aromatic rings. The Balaban J connectivity index is 2.26. The molecule has 2 aromatic carbocycles. The highest BCUT2D eigenvalue weighted by Crippen LogP contribution is 2.44. The van der Waals surface area contributed by atoms with Gasteiger partial charge in [0.05, 0.1) is 24.8 Å². The van der Waals surface area contributed by atoms with Gasteiger partial charge in [0.2, 0.25) is 0 Å². The highest BCUT2D eigenvalue weighted by molar-refractivity contribution is 6.98. The summed E-state index contributed by atoms with van der Waals surface area (Å²) in [6.07, 6.45) is -4.37. The maximum atomic E-state index is 13.2. The van der Waals surface area contributed by atoms with Gasteiger partial charge in [-0.15, -0.1) is 0 Å². The molecule has 7 heteroatoms. The molecule has 166 valence electrons. The predicted molar refractivity (Wildman–Crippen MR) is 124 cm³/mol. The molecule has 0 unspecified atom stereocenters. The molecule has 1 aliphatic heterocycles. The zero-order chi connectivity index (χ0) is 23.2. The van der Waals surface area contributed by atoms with Crippen LogP contribution in [0, 0.1) is 0 Å². The Bertz CT molecular complexity index is 943. The number of benzene rings is 2. The maximum absolute atomic E-state index is 13.2. The summed E-state index contributed by atoms with van der Waals surface area (Å²) in [5.41, 5.74) is 0.936. The molecule has 0 radical (unpaired) electrons. The molecule has 1 saturated heterocycles. The van der Waals surface area contributed by atoms with Crippen LogP contribution in [-0.2, 0) is 15.5 Å². The maximum Gasteiger partial charge on any atom is 0.495 e. The number of halogens is 3. The van der Waals surface area contributed by atoms with Crippen LogP contribution in [0.5, 0.6) is 0 Å². The third-order valence-corrected chi connectivity index (χ3v) is 8.15. The average molecular weight is 446 g/mol. The number of rotatable bonds is 4. The Morgan fingerprint density at radius 3 is 1.68 bits per heavy atom. The lowest BCUT2D eigenvalue weighted by atomic mass is 9.73. The van der Waals surface area contributed by atoms with E-state index in [-0.39, 0.29) is 0 Å². The second-order valence-electron chi connectivity index (χ2n) is 10.1. The van der Waals surface area contributed by atoms with Gasteiger partial charge in [-0.3, -0.25) is 0 Å². The standard InChI is InChI=1S/C24H30BF3O2Si/c1-22(2)23(3,4)30-25(29-22)20(17-11-9-8-10-12-17)21(31(5,6)7)18-13-15-19(16-14-18)24(26,27)28/h8-16H,1-7H3/b21-20-. The summed E-state index contributed by atoms with van der Waals surface area (Å²) < 4.78 is 52.3. The van der Waals surface area contributed by atoms with Crippen LogP contribution in [0.25, 0.3) is 10.7 Å². The fraction of sp³-hybridized carbons (Fsp3) is 0.417. The molecule has 1 heterocycles. The van der Waals surface area contributed by atoms with Crippen molar-refractivity contribution in [3.05, 3.63) is 71.3 Å². The average Bonchev–Trinajstić information content (AvgIpc) is 2.85. The smallest absolute Gasteiger partial charge is 0.399 e. The molecule has 0 saturated carbocycles. The van der Waals surface area contributed by atoms with E-state index in [4.69, 9.17) is 9.31 Å². The Labute approximate surface area is 184 Å². The van der Waals surface area contributed by atoms with Gasteiger partial charge in [-0.1, -0.05) is 67.3 Å². The monoisotopic (exact) mass is 446 g/mol. The van der Waals surface area contributed by atoms with E-state index in [2.05, 4.69) is 19.6 Å². The number of hydrogen-bond donors (Lipinski definition) is 0. The Morgan fingerprint density at radius 2 is 1.26 bits per heavy atom. The van der Waals surface area contributed by atoms with E-state index < -0.39 is 38.1 Å². The molecular formula is C24H30BF3O2Si. The molecule has 0 amide bonds. The summed E-state index contributed by atoms with van der Waals surface area (Å²) in [5.74, 6) is 0. The van der Waals surface area contributed by atoms with Crippen LogP contribution in [0.15, 0.2) is 54.6 Å². The SMILES string of the molecule is CC1(C)OB(/C(=C(/c2ccc(C(F)(F)F)cc2)[Si](C)(C)C)c2ccccc2)OC1(C)C. The van der Waals surface area contributed by atoms with Crippen molar-refractivity contribution in [2.75, 3.05) is 0 Å². The summed E-state index contributed by atoms with van der Waals surface area (Å²) in [5, 5.41) is 1.03. The third-order valence-electron chi connectivity index (χ3n) is 6.09. The minimum Gasteiger partial charge on any atom is -0.399 e. The number of hydrogen-bond acceptors (Lipinski definition) is 2. The summed E-state index contributed by atoms with van der Waals surface area (Å²) >= 11 is 0. The Kier molecular flexibility index (Phi) is 6.11. The first-order valence-electron chi connectivity index (χ1n) is 10.5. The van der Waals surface area contributed by atoms with Crippen LogP contribution in [0.3, 0.4) is 0 Å². The fourth-order valence-electron chi connectivity index (χ4n) is 3.80. The molecule has 1 aliphatic rings. The predicted octanol–water partition coefficient (Wildman–Crippen LogP) is 7.13. The van der Waals surface area contributed by atoms with E-state index in [0.29, 0.717) is 0 Å². The van der Waals surface area contributed by atoms with Crippen molar-refractivity contribution in [2.24, 2.45) is 0 Å². The van der Waals surface area contributed by atoms with E-state index in [1.54, 1.807) is 12.1 Å². The van der Waals surface area contributed by atoms with Crippen molar-refractivity contribution in [3.8, 4) is 0 Å². The number of alkyl halides is 3. The van der Waals surface area contributed by atoms with Gasteiger partial charge in [0.15, 0.2) is 0 Å². The van der Waals surface area contributed by atoms with Gasteiger partial charge in [0, 0.05) is 0 Å². The normalized spacial score (nSPS) is 19.4. The molecule has 0 atom stereocenters. The van der Waals surface area contributed by atoms with E-state index in [9.17, 15) is 13.2 Å². The van der Waals surface area contributed by atoms with Crippen LogP contribution in [0.4, 0.5) is 13.2 Å². The zero-order valence-electron chi connectivity index (χ0n) is 19.2. The molecule has 1 fully saturated rings. The second-order valence-corrected chi connectivity index (χ2v) is 15.1. The second kappa shape index (κ2) is 7.94. The molecule has 0 bridgehead atoms. The molecule has 0 spiro atoms. The minimum absolute atomic E-state index is 0.525. The highest BCUT2D eigenvalue weighted by atomic mass is 28.3. The topological polar surface area (TPSA) is 18.5 Å². The van der Waals surface area contributed by atoms with Gasteiger partial charge in [-0.2, -0.15) is 13.2 Å². The Hall–Kier alpha value is -1.83. The first-order chi connectivity index (χ1) is 14.1. The van der Waals surface area contributed by atoms with E-state index in [1.807, 2.05) is 58.0 Å². The van der Waals surface area contributed by atoms with Crippen LogP contribution in [0.1, 0.15) is 44.4 Å². The van der Waals surface area contributed by atoms with E-state index >= 15 is 0 Å². The van der Waals surface area contributed by atoms with Crippen molar-refractivity contribution in [1.29, 1.82) is 0 Å². The summed E-state index contributed by atoms with van der Waals surface area (Å²) in [6.45, 7) is 14.6. The summed E-state index contributed by atoms with van der Waals surface area (Å²) in [6, 6.07) is 15.3. The highest BCUT2D eigenvalue weighted by Gasteiger charge is 2.53. The largest absolute Gasteiger partial charge is 0.495 e. The van der Waals surface area contributed by atoms with Gasteiger partial charge < -0.3 is 9.31 Å². The van der Waals surface area contributed by atoms with Crippen LogP contribution in [0.2, 0.25) is 19.6 Å². The molecule has 0 aromatic heterocycles. The van der Waals surface area contributed by atoms with Gasteiger partial charge in [0.1, 0.15) is 0 Å². The molecule has 31 heavy (non-hydrogen) atoms. The molecule has 0 aliphatic carbocycles. The molecule has 3 rings (SSSR count). The Morgan fingerprint density at radius 1 is 0.774 bits per heavy atom. The molecular weight excluding hydrogens is 416 g/mol. The third kappa shape index (κ3) is 4.84. The summed E-state index contributed by atoms with van der Waals surface area (Å²) in [7, 11) is -2.67. The van der Waals surface area contributed by atoms with Gasteiger partial charge in [-0.05, 0) is 56.4 Å². The van der Waals surface area contributed by atoms with E-state index in [1.165, 1.54) is 0 Å². The lowest BCUT2D eigenvalue weighted by Gasteiger charge is -2.32. The van der Waals surface area contributed by atoms with Gasteiger partial charge in [-0.25, -0.2) is 0 Å². The van der Waals surface area contributed by atoms with Crippen molar-refractivity contribution >= 4 is 25.9 Å². The van der Waals surface area contributed by atoms with Gasteiger partial charge >= 0.3 is 13.3 Å². The van der Waals surface area contributed by atoms with Crippen LogP contribution >= 0.6 is 0 Å². The molecule has 0 N–H and O–H groups in total. The van der Waals surface area contributed by atoms with Crippen molar-refractivity contribution in [3.63, 3.8) is 0 Å². The van der Waals surface area contributed by atoms with Crippen molar-refractivity contribution < 1.29 is 22.5 Å². The van der Waals surface area contributed by atoms with E-state index in [0.717, 1.165) is 33.9 Å². The van der Waals surface area contributed by atoms with Crippen molar-refractivity contribution in [1.82, 2.24) is 0 Å². The zero-order valence-corrected chi connectivity index (χ0v) is 20.2. The van der Waals surface area contributed by atoms with Crippen LogP contribution in [-0.4, -0.2) is 26.4 Å². The first-order valence-corrected chi connectivity index (χ1v) is 14.0.